The van der Waals surface area contributed by atoms with Gasteiger partial charge in [0, 0.05) is 22.5 Å². The molecule has 1 aromatic heterocycles. The van der Waals surface area contributed by atoms with Gasteiger partial charge in [0.05, 0.1) is 0 Å². The second kappa shape index (κ2) is 5.25. The summed E-state index contributed by atoms with van der Waals surface area (Å²) < 4.78 is 5.25. The van der Waals surface area contributed by atoms with Crippen LogP contribution in [0.3, 0.4) is 0 Å². The number of anilines is 1. The van der Waals surface area contributed by atoms with Gasteiger partial charge in [0.1, 0.15) is 0 Å². The summed E-state index contributed by atoms with van der Waals surface area (Å²) >= 11 is 2.03. The lowest BCUT2D eigenvalue weighted by Gasteiger charge is -2.19. The Kier molecular flexibility index (Phi) is 3.46. The molecule has 1 aliphatic heterocycles. The maximum Gasteiger partial charge on any atom is 0.247 e. The zero-order valence-electron chi connectivity index (χ0n) is 11.1. The van der Waals surface area contributed by atoms with Crippen LogP contribution in [0.2, 0.25) is 0 Å². The summed E-state index contributed by atoms with van der Waals surface area (Å²) in [5.74, 6) is 1.80. The molecule has 0 saturated carbocycles. The smallest absolute Gasteiger partial charge is 0.247 e. The first-order chi connectivity index (χ1) is 9.24. The summed E-state index contributed by atoms with van der Waals surface area (Å²) in [4.78, 5) is 0. The van der Waals surface area contributed by atoms with Crippen molar-refractivity contribution >= 4 is 17.4 Å². The number of thioether (sulfide) groups is 1. The van der Waals surface area contributed by atoms with Gasteiger partial charge in [0.2, 0.25) is 12.3 Å². The topological polar surface area (TPSA) is 51.0 Å². The molecule has 1 saturated heterocycles. The summed E-state index contributed by atoms with van der Waals surface area (Å²) in [5.41, 5.74) is 3.37. The van der Waals surface area contributed by atoms with Gasteiger partial charge in [-0.25, -0.2) is 0 Å². The molecule has 19 heavy (non-hydrogen) atoms. The molecule has 1 N–H and O–H groups in total. The molecule has 100 valence electrons. The largest absolute Gasteiger partial charge is 0.423 e. The summed E-state index contributed by atoms with van der Waals surface area (Å²) in [6.45, 7) is 4.40. The molecule has 0 amide bonds. The Morgan fingerprint density at radius 2 is 2.32 bits per heavy atom. The van der Waals surface area contributed by atoms with E-state index in [2.05, 4.69) is 41.5 Å². The van der Waals surface area contributed by atoms with Crippen molar-refractivity contribution in [1.82, 2.24) is 10.2 Å². The van der Waals surface area contributed by atoms with Gasteiger partial charge in [-0.15, -0.1) is 10.2 Å². The Labute approximate surface area is 117 Å². The van der Waals surface area contributed by atoms with Crippen LogP contribution in [0.5, 0.6) is 0 Å². The van der Waals surface area contributed by atoms with Crippen LogP contribution in [0.4, 0.5) is 5.69 Å². The lowest BCUT2D eigenvalue weighted by Crippen LogP contribution is -2.25. The number of hydrogen-bond acceptors (Lipinski definition) is 5. The molecule has 2 atom stereocenters. The van der Waals surface area contributed by atoms with E-state index in [0.29, 0.717) is 17.2 Å². The second-order valence-corrected chi connectivity index (χ2v) is 6.37. The third-order valence-electron chi connectivity index (χ3n) is 3.56. The van der Waals surface area contributed by atoms with Crippen molar-refractivity contribution in [2.45, 2.75) is 31.6 Å². The summed E-state index contributed by atoms with van der Waals surface area (Å²) in [6, 6.07) is 6.75. The Hall–Kier alpha value is -1.49. The minimum absolute atomic E-state index is 0.543. The molecule has 0 aliphatic carbocycles. The summed E-state index contributed by atoms with van der Waals surface area (Å²) in [6.07, 6.45) is 2.58. The van der Waals surface area contributed by atoms with Crippen LogP contribution in [-0.2, 0) is 0 Å². The first kappa shape index (κ1) is 12.5. The molecule has 0 bridgehead atoms. The Bertz CT molecular complexity index is 556. The average molecular weight is 275 g/mol. The molecule has 3 rings (SSSR count). The van der Waals surface area contributed by atoms with Gasteiger partial charge >= 0.3 is 0 Å². The molecule has 1 aliphatic rings. The third kappa shape index (κ3) is 2.61. The summed E-state index contributed by atoms with van der Waals surface area (Å²) in [5, 5.41) is 12.0. The van der Waals surface area contributed by atoms with E-state index in [1.165, 1.54) is 24.1 Å². The highest BCUT2D eigenvalue weighted by Gasteiger charge is 2.24. The molecule has 0 radical (unpaired) electrons. The molecular weight excluding hydrogens is 258 g/mol. The van der Waals surface area contributed by atoms with Gasteiger partial charge in [0.25, 0.3) is 0 Å². The van der Waals surface area contributed by atoms with Crippen molar-refractivity contribution in [2.75, 3.05) is 11.1 Å². The minimum Gasteiger partial charge on any atom is -0.423 e. The van der Waals surface area contributed by atoms with Gasteiger partial charge < -0.3 is 9.73 Å². The molecule has 0 spiro atoms. The molecular formula is C14H17N3OS. The van der Waals surface area contributed by atoms with Crippen LogP contribution in [0.25, 0.3) is 11.5 Å². The van der Waals surface area contributed by atoms with Crippen molar-refractivity contribution in [3.63, 3.8) is 0 Å². The van der Waals surface area contributed by atoms with Crippen LogP contribution in [0.15, 0.2) is 29.0 Å². The van der Waals surface area contributed by atoms with Crippen molar-refractivity contribution in [3.05, 3.63) is 30.2 Å². The molecule has 1 fully saturated rings. The first-order valence-electron chi connectivity index (χ1n) is 6.49. The van der Waals surface area contributed by atoms with Crippen molar-refractivity contribution in [1.29, 1.82) is 0 Å². The van der Waals surface area contributed by atoms with Crippen LogP contribution < -0.4 is 5.32 Å². The number of aryl methyl sites for hydroxylation is 1. The zero-order chi connectivity index (χ0) is 13.2. The van der Waals surface area contributed by atoms with E-state index in [1.807, 2.05) is 17.8 Å². The van der Waals surface area contributed by atoms with Crippen molar-refractivity contribution in [3.8, 4) is 11.5 Å². The Morgan fingerprint density at radius 1 is 1.42 bits per heavy atom. The van der Waals surface area contributed by atoms with E-state index in [9.17, 15) is 0 Å². The van der Waals surface area contributed by atoms with E-state index in [-0.39, 0.29) is 0 Å². The first-order valence-corrected chi connectivity index (χ1v) is 7.54. The lowest BCUT2D eigenvalue weighted by molar-refractivity contribution is 0.568. The SMILES string of the molecule is Cc1ccc(-c2nnco2)cc1NC1CCSC1C. The molecule has 2 heterocycles. The molecule has 2 aromatic rings. The third-order valence-corrected chi connectivity index (χ3v) is 4.89. The van der Waals surface area contributed by atoms with Gasteiger partial charge in [-0.1, -0.05) is 13.0 Å². The fraction of sp³-hybridized carbons (Fsp3) is 0.429. The zero-order valence-corrected chi connectivity index (χ0v) is 11.9. The standard InChI is InChI=1S/C14H17N3OS/c1-9-3-4-11(14-17-15-8-18-14)7-13(9)16-12-5-6-19-10(12)2/h3-4,7-8,10,12,16H,5-6H2,1-2H3. The minimum atomic E-state index is 0.543. The monoisotopic (exact) mass is 275 g/mol. The van der Waals surface area contributed by atoms with Gasteiger partial charge in [-0.05, 0) is 36.8 Å². The van der Waals surface area contributed by atoms with Gasteiger partial charge in [-0.3, -0.25) is 0 Å². The van der Waals surface area contributed by atoms with Crippen molar-refractivity contribution < 1.29 is 4.42 Å². The van der Waals surface area contributed by atoms with E-state index >= 15 is 0 Å². The highest BCUT2D eigenvalue weighted by atomic mass is 32.2. The van der Waals surface area contributed by atoms with Crippen molar-refractivity contribution in [2.24, 2.45) is 0 Å². The second-order valence-electron chi connectivity index (χ2n) is 4.89. The predicted molar refractivity (Wildman–Crippen MR) is 78.4 cm³/mol. The number of nitrogens with zero attached hydrogens (tertiary/aromatic N) is 2. The fourth-order valence-electron chi connectivity index (χ4n) is 2.33. The van der Waals surface area contributed by atoms with Crippen LogP contribution in [-0.4, -0.2) is 27.2 Å². The Morgan fingerprint density at radius 3 is 3.00 bits per heavy atom. The normalized spacial score (nSPS) is 22.6. The highest BCUT2D eigenvalue weighted by molar-refractivity contribution is 8.00. The van der Waals surface area contributed by atoms with Gasteiger partial charge in [0.15, 0.2) is 0 Å². The van der Waals surface area contributed by atoms with E-state index < -0.39 is 0 Å². The molecule has 4 nitrogen and oxygen atoms in total. The fourth-order valence-corrected chi connectivity index (χ4v) is 3.53. The van der Waals surface area contributed by atoms with Gasteiger partial charge in [-0.2, -0.15) is 11.8 Å². The number of benzene rings is 1. The maximum absolute atomic E-state index is 5.25. The van der Waals surface area contributed by atoms with E-state index in [4.69, 9.17) is 4.42 Å². The molecule has 5 heteroatoms. The van der Waals surface area contributed by atoms with E-state index in [1.54, 1.807) is 0 Å². The van der Waals surface area contributed by atoms with E-state index in [0.717, 1.165) is 11.3 Å². The average Bonchev–Trinajstić information content (AvgIpc) is 3.05. The maximum atomic E-state index is 5.25. The number of aromatic nitrogens is 2. The molecule has 1 aromatic carbocycles. The van der Waals surface area contributed by atoms with Crippen LogP contribution in [0, 0.1) is 6.92 Å². The van der Waals surface area contributed by atoms with Crippen LogP contribution in [0.1, 0.15) is 18.9 Å². The Balaban J connectivity index is 1.86. The predicted octanol–water partition coefficient (Wildman–Crippen LogP) is 3.35. The molecule has 2 unspecified atom stereocenters. The highest BCUT2D eigenvalue weighted by Crippen LogP contribution is 2.31. The number of nitrogens with one attached hydrogen (secondary N) is 1. The number of rotatable bonds is 3. The van der Waals surface area contributed by atoms with Crippen LogP contribution >= 0.6 is 11.8 Å². The number of hydrogen-bond donors (Lipinski definition) is 1. The summed E-state index contributed by atoms with van der Waals surface area (Å²) in [7, 11) is 0. The lowest BCUT2D eigenvalue weighted by atomic mass is 10.1. The quantitative estimate of drug-likeness (QED) is 0.931.